The fourth-order valence-electron chi connectivity index (χ4n) is 8.00. The minimum atomic E-state index is -0.467. The van der Waals surface area contributed by atoms with E-state index in [1.165, 1.54) is 0 Å². The van der Waals surface area contributed by atoms with Crippen LogP contribution in [0.15, 0.2) is 42.5 Å². The third-order valence-electron chi connectivity index (χ3n) is 12.5. The maximum Gasteiger partial charge on any atom is 0.312 e. The number of urea groups is 1. The van der Waals surface area contributed by atoms with E-state index < -0.39 is 6.03 Å². The summed E-state index contributed by atoms with van der Waals surface area (Å²) in [5, 5.41) is 14.7. The number of nitrogens with two attached hydrogens (primary N) is 1. The van der Waals surface area contributed by atoms with E-state index in [-0.39, 0.29) is 55.7 Å². The second-order valence-electron chi connectivity index (χ2n) is 19.3. The van der Waals surface area contributed by atoms with Gasteiger partial charge in [0.15, 0.2) is 0 Å². The lowest BCUT2D eigenvalue weighted by Crippen LogP contribution is -2.38. The van der Waals surface area contributed by atoms with Gasteiger partial charge in [-0.15, -0.1) is 11.6 Å². The largest absolute Gasteiger partial charge is 0.496 e. The molecule has 2 aromatic carbocycles. The molecule has 85 heavy (non-hydrogen) atoms. The maximum atomic E-state index is 12.6. The lowest BCUT2D eigenvalue weighted by atomic mass is 10.1. The van der Waals surface area contributed by atoms with Gasteiger partial charge in [0.1, 0.15) is 5.75 Å². The number of carbonyl (C=O) groups is 5. The van der Waals surface area contributed by atoms with Crippen molar-refractivity contribution in [2.45, 2.75) is 82.2 Å². The second kappa shape index (κ2) is 52.7. The Balaban J connectivity index is 0.936. The first-order chi connectivity index (χ1) is 41.7. The van der Waals surface area contributed by atoms with E-state index in [0.717, 1.165) is 61.0 Å². The van der Waals surface area contributed by atoms with Gasteiger partial charge < -0.3 is 93.9 Å². The lowest BCUT2D eigenvalue weighted by molar-refractivity contribution is -0.123. The van der Waals surface area contributed by atoms with Crippen LogP contribution in [0, 0.1) is 0 Å². The van der Waals surface area contributed by atoms with Gasteiger partial charge in [-0.3, -0.25) is 19.2 Å². The molecule has 0 radical (unpaired) electrons. The number of aryl methyl sites for hydroxylation is 1. The summed E-state index contributed by atoms with van der Waals surface area (Å²) in [6, 6.07) is 12.5. The van der Waals surface area contributed by atoms with Gasteiger partial charge in [0.25, 0.3) is 5.91 Å². The predicted octanol–water partition coefficient (Wildman–Crippen LogP) is 3.73. The monoisotopic (exact) mass is 1240 g/mol. The molecule has 1 fully saturated rings. The maximum absolute atomic E-state index is 12.6. The van der Waals surface area contributed by atoms with Crippen LogP contribution in [0.25, 0.3) is 0 Å². The smallest absolute Gasteiger partial charge is 0.312 e. The van der Waals surface area contributed by atoms with Crippen molar-refractivity contribution in [3.8, 4) is 5.75 Å². The van der Waals surface area contributed by atoms with Crippen LogP contribution in [0.2, 0.25) is 0 Å². The molecule has 24 nitrogen and oxygen atoms in total. The summed E-state index contributed by atoms with van der Waals surface area (Å²) < 4.78 is 71.7. The van der Waals surface area contributed by atoms with E-state index >= 15 is 0 Å². The predicted molar refractivity (Wildman–Crippen MR) is 322 cm³/mol. The number of carbonyl (C=O) groups excluding carboxylic acids is 5. The Labute approximate surface area is 511 Å². The molecule has 1 aliphatic rings. The van der Waals surface area contributed by atoms with Crippen LogP contribution < -0.4 is 37.1 Å². The van der Waals surface area contributed by atoms with Gasteiger partial charge in [0, 0.05) is 79.5 Å². The molecule has 484 valence electrons. The van der Waals surface area contributed by atoms with Crippen molar-refractivity contribution in [3.63, 3.8) is 0 Å². The van der Waals surface area contributed by atoms with Crippen LogP contribution >= 0.6 is 23.4 Å². The van der Waals surface area contributed by atoms with Crippen molar-refractivity contribution in [2.75, 3.05) is 190 Å². The van der Waals surface area contributed by atoms with Crippen LogP contribution in [0.4, 0.5) is 4.79 Å². The summed E-state index contributed by atoms with van der Waals surface area (Å²) in [6.45, 7) is 11.8. The molecule has 0 aliphatic carbocycles. The summed E-state index contributed by atoms with van der Waals surface area (Å²) >= 11 is 7.66. The van der Waals surface area contributed by atoms with E-state index in [1.807, 2.05) is 30.0 Å². The molecule has 2 atom stereocenters. The van der Waals surface area contributed by atoms with E-state index in [1.54, 1.807) is 31.4 Å². The third-order valence-corrected chi connectivity index (χ3v) is 14.3. The van der Waals surface area contributed by atoms with Gasteiger partial charge in [-0.1, -0.05) is 30.7 Å². The van der Waals surface area contributed by atoms with Crippen LogP contribution in [0.1, 0.15) is 78.4 Å². The van der Waals surface area contributed by atoms with Crippen molar-refractivity contribution in [3.05, 3.63) is 64.7 Å². The van der Waals surface area contributed by atoms with Crippen molar-refractivity contribution < 1.29 is 85.6 Å². The molecule has 0 spiro atoms. The van der Waals surface area contributed by atoms with E-state index in [9.17, 15) is 24.0 Å². The number of hydrogen-bond donors (Lipinski definition) is 6. The molecule has 1 aliphatic heterocycles. The number of halogens is 1. The number of thioether (sulfide) groups is 1. The van der Waals surface area contributed by atoms with Gasteiger partial charge in [-0.25, -0.2) is 4.79 Å². The Kier molecular flexibility index (Phi) is 46.3. The lowest BCUT2D eigenvalue weighted by Gasteiger charge is -2.12. The average Bonchev–Trinajstić information content (AvgIpc) is 3.98. The number of ether oxygens (including phenoxy) is 13. The van der Waals surface area contributed by atoms with E-state index in [0.29, 0.717) is 200 Å². The molecule has 1 unspecified atom stereocenters. The Morgan fingerprint density at radius 1 is 0.506 bits per heavy atom. The van der Waals surface area contributed by atoms with Crippen LogP contribution in [0.3, 0.4) is 0 Å². The number of primary amides is 1. The quantitative estimate of drug-likeness (QED) is 0.0406. The van der Waals surface area contributed by atoms with Crippen molar-refractivity contribution in [2.24, 2.45) is 5.73 Å². The molecule has 0 aromatic heterocycles. The number of unbranched alkanes of at least 4 members (excludes halogenated alkanes) is 1. The van der Waals surface area contributed by atoms with Gasteiger partial charge in [0.2, 0.25) is 17.7 Å². The summed E-state index contributed by atoms with van der Waals surface area (Å²) in [6.07, 6.45) is 6.36. The fourth-order valence-corrected chi connectivity index (χ4v) is 9.56. The topological polar surface area (TPSA) is 292 Å². The van der Waals surface area contributed by atoms with Crippen LogP contribution in [-0.4, -0.2) is 231 Å². The molecule has 3 rings (SSSR count). The molecule has 0 saturated carbocycles. The average molecular weight is 1250 g/mol. The summed E-state index contributed by atoms with van der Waals surface area (Å²) in [5.41, 5.74) is 8.48. The van der Waals surface area contributed by atoms with Gasteiger partial charge in [0.05, 0.1) is 166 Å². The van der Waals surface area contributed by atoms with Crippen molar-refractivity contribution in [1.82, 2.24) is 26.6 Å². The minimum absolute atomic E-state index is 0.0333. The first-order valence-electron chi connectivity index (χ1n) is 29.7. The molecular weight excluding hydrogens is 1150 g/mol. The third kappa shape index (κ3) is 42.1. The molecule has 7 N–H and O–H groups in total. The first kappa shape index (κ1) is 74.8. The van der Waals surface area contributed by atoms with E-state index in [2.05, 4.69) is 26.6 Å². The fraction of sp³-hybridized carbons (Fsp3) is 0.712. The highest BCUT2D eigenvalue weighted by atomic mass is 35.5. The second-order valence-corrected chi connectivity index (χ2v) is 21.0. The van der Waals surface area contributed by atoms with Crippen LogP contribution in [0.5, 0.6) is 5.75 Å². The number of methoxy groups -OCH3 is 1. The van der Waals surface area contributed by atoms with Crippen LogP contribution in [-0.2, 0) is 90.7 Å². The van der Waals surface area contributed by atoms with Gasteiger partial charge in [-0.05, 0) is 61.4 Å². The standard InChI is InChI=1S/C59H97ClN6O18S/c1-72-54-43-48(5-4-16-60)8-13-51(54)46-65-56(68)14-17-63-58(70)50-11-9-49(10-12-50)45-64-57(69)15-19-73-21-23-75-25-27-77-29-31-79-33-35-81-37-39-83-41-42-84-40-38-82-36-34-80-32-30-78-28-26-76-24-22-74-20-18-62-55(67)7-3-2-6-53-44-52(47-85-53)66-59(61)71/h8-13,43,52-53H,2-7,14-42,44-47H2,1H3,(H,62,67)(H,63,70)(H,64,69)(H,65,68)(H3,61,66,71)/t52?,53-/m0/s1. The number of nitrogens with one attached hydrogen (secondary N) is 5. The highest BCUT2D eigenvalue weighted by molar-refractivity contribution is 8.00. The van der Waals surface area contributed by atoms with E-state index in [4.69, 9.17) is 78.9 Å². The normalized spacial score (nSPS) is 13.9. The Hall–Kier alpha value is -4.45. The van der Waals surface area contributed by atoms with Crippen molar-refractivity contribution in [1.29, 1.82) is 0 Å². The summed E-state index contributed by atoms with van der Waals surface area (Å²) in [4.78, 5) is 60.4. The molecule has 2 aromatic rings. The highest BCUT2D eigenvalue weighted by Gasteiger charge is 2.25. The first-order valence-corrected chi connectivity index (χ1v) is 31.2. The van der Waals surface area contributed by atoms with Gasteiger partial charge >= 0.3 is 6.03 Å². The number of amides is 6. The molecule has 26 heteroatoms. The SMILES string of the molecule is COc1cc(CCCCl)ccc1CNC(=O)CCNC(=O)c1ccc(CNC(=O)CCOCCOCCOCCOCCOCCOCCOCCOCCOCCOCCOCCOCCNC(=O)CCCC[C@H]2CC(NC(N)=O)CS2)cc1. The molecule has 1 saturated heterocycles. The Morgan fingerprint density at radius 3 is 1.46 bits per heavy atom. The molecular formula is C59H97ClN6O18S. The zero-order valence-corrected chi connectivity index (χ0v) is 51.6. The number of hydrogen-bond acceptors (Lipinski definition) is 19. The zero-order chi connectivity index (χ0) is 60.9. The summed E-state index contributed by atoms with van der Waals surface area (Å²) in [5.74, 6) is 1.59. The Bertz CT molecular complexity index is 2040. The zero-order valence-electron chi connectivity index (χ0n) is 50.0. The molecule has 6 amide bonds. The Morgan fingerprint density at radius 2 is 0.965 bits per heavy atom. The number of alkyl halides is 1. The molecule has 0 bridgehead atoms. The van der Waals surface area contributed by atoms with Crippen molar-refractivity contribution >= 4 is 53.0 Å². The molecule has 1 heterocycles. The number of rotatable bonds is 57. The number of benzene rings is 2. The summed E-state index contributed by atoms with van der Waals surface area (Å²) in [7, 11) is 1.60. The van der Waals surface area contributed by atoms with Gasteiger partial charge in [-0.2, -0.15) is 11.8 Å². The highest BCUT2D eigenvalue weighted by Crippen LogP contribution is 2.30. The minimum Gasteiger partial charge on any atom is -0.496 e.